The normalized spacial score (nSPS) is 10.7. The summed E-state index contributed by atoms with van der Waals surface area (Å²) < 4.78 is 24.9. The SMILES string of the molecule is NC(=O)c1cccc(N(CCO)CC(F)F)c1N. The predicted octanol–water partition coefficient (Wildman–Crippen LogP) is 0.431. The van der Waals surface area contributed by atoms with E-state index >= 15 is 0 Å². The number of aliphatic hydroxyl groups is 1. The molecule has 1 amide bonds. The minimum Gasteiger partial charge on any atom is -0.396 e. The molecule has 0 aromatic heterocycles. The van der Waals surface area contributed by atoms with Crippen LogP contribution in [0, 0.1) is 0 Å². The quantitative estimate of drug-likeness (QED) is 0.646. The maximum Gasteiger partial charge on any atom is 0.255 e. The van der Waals surface area contributed by atoms with Crippen molar-refractivity contribution in [1.29, 1.82) is 0 Å². The van der Waals surface area contributed by atoms with Gasteiger partial charge < -0.3 is 21.5 Å². The van der Waals surface area contributed by atoms with Gasteiger partial charge in [-0.2, -0.15) is 0 Å². The van der Waals surface area contributed by atoms with E-state index in [0.717, 1.165) is 0 Å². The molecule has 18 heavy (non-hydrogen) atoms. The number of nitrogens with zero attached hydrogens (tertiary/aromatic N) is 1. The second-order valence-corrected chi connectivity index (χ2v) is 3.66. The first-order valence-corrected chi connectivity index (χ1v) is 5.29. The summed E-state index contributed by atoms with van der Waals surface area (Å²) in [6, 6.07) is 4.42. The summed E-state index contributed by atoms with van der Waals surface area (Å²) in [6.45, 7) is -0.878. The van der Waals surface area contributed by atoms with Crippen molar-refractivity contribution in [2.24, 2.45) is 5.73 Å². The van der Waals surface area contributed by atoms with Crippen molar-refractivity contribution >= 4 is 17.3 Å². The number of carbonyl (C=O) groups excluding carboxylic acids is 1. The highest BCUT2D eigenvalue weighted by atomic mass is 19.3. The third-order valence-corrected chi connectivity index (χ3v) is 2.42. The number of rotatable bonds is 6. The summed E-state index contributed by atoms with van der Waals surface area (Å²) in [5.74, 6) is -0.727. The molecule has 0 saturated heterocycles. The number of amides is 1. The number of nitrogen functional groups attached to an aromatic ring is 1. The van der Waals surface area contributed by atoms with Gasteiger partial charge >= 0.3 is 0 Å². The van der Waals surface area contributed by atoms with Crippen molar-refractivity contribution in [3.05, 3.63) is 23.8 Å². The van der Waals surface area contributed by atoms with E-state index in [-0.39, 0.29) is 30.1 Å². The molecule has 0 saturated carbocycles. The minimum absolute atomic E-state index is 0.00322. The van der Waals surface area contributed by atoms with Crippen LogP contribution in [0.1, 0.15) is 10.4 Å². The van der Waals surface area contributed by atoms with Crippen LogP contribution >= 0.6 is 0 Å². The molecule has 0 fully saturated rings. The van der Waals surface area contributed by atoms with E-state index in [9.17, 15) is 13.6 Å². The van der Waals surface area contributed by atoms with Crippen molar-refractivity contribution in [3.8, 4) is 0 Å². The Morgan fingerprint density at radius 2 is 2.11 bits per heavy atom. The summed E-state index contributed by atoms with van der Waals surface area (Å²) in [5, 5.41) is 8.86. The van der Waals surface area contributed by atoms with Crippen LogP contribution in [0.5, 0.6) is 0 Å². The fraction of sp³-hybridized carbons (Fsp3) is 0.364. The summed E-state index contributed by atoms with van der Waals surface area (Å²) in [4.78, 5) is 12.3. The molecule has 5 N–H and O–H groups in total. The van der Waals surface area contributed by atoms with Crippen LogP contribution in [-0.4, -0.2) is 37.1 Å². The molecule has 0 aliphatic heterocycles. The molecule has 1 rings (SSSR count). The monoisotopic (exact) mass is 259 g/mol. The number of carbonyl (C=O) groups is 1. The van der Waals surface area contributed by atoms with Crippen molar-refractivity contribution < 1.29 is 18.7 Å². The third-order valence-electron chi connectivity index (χ3n) is 2.42. The van der Waals surface area contributed by atoms with Crippen LogP contribution in [0.4, 0.5) is 20.2 Å². The maximum absolute atomic E-state index is 12.4. The standard InChI is InChI=1S/C11H15F2N3O2/c12-9(13)6-16(4-5-17)8-3-1-2-7(10(8)14)11(15)18/h1-3,9,17H,4-6,14H2,(H2,15,18). The van der Waals surface area contributed by atoms with E-state index in [2.05, 4.69) is 0 Å². The van der Waals surface area contributed by atoms with E-state index < -0.39 is 18.9 Å². The van der Waals surface area contributed by atoms with Gasteiger partial charge in [0, 0.05) is 6.54 Å². The fourth-order valence-corrected chi connectivity index (χ4v) is 1.64. The predicted molar refractivity (Wildman–Crippen MR) is 64.7 cm³/mol. The summed E-state index contributed by atoms with van der Waals surface area (Å²) in [6.07, 6.45) is -2.58. The minimum atomic E-state index is -2.58. The van der Waals surface area contributed by atoms with Crippen molar-refractivity contribution in [2.75, 3.05) is 30.3 Å². The zero-order chi connectivity index (χ0) is 13.7. The molecule has 1 aromatic rings. The Kier molecular flexibility index (Phi) is 4.85. The van der Waals surface area contributed by atoms with E-state index in [4.69, 9.17) is 16.6 Å². The van der Waals surface area contributed by atoms with Crippen molar-refractivity contribution in [2.45, 2.75) is 6.43 Å². The highest BCUT2D eigenvalue weighted by Crippen LogP contribution is 2.26. The van der Waals surface area contributed by atoms with E-state index in [0.29, 0.717) is 0 Å². The molecule has 7 heteroatoms. The molecular formula is C11H15F2N3O2. The molecule has 100 valence electrons. The largest absolute Gasteiger partial charge is 0.396 e. The Labute approximate surface area is 103 Å². The number of halogens is 2. The molecule has 0 atom stereocenters. The number of anilines is 2. The van der Waals surface area contributed by atoms with Gasteiger partial charge in [0.15, 0.2) is 0 Å². The number of nitrogens with two attached hydrogens (primary N) is 2. The Morgan fingerprint density at radius 1 is 1.44 bits per heavy atom. The van der Waals surface area contributed by atoms with E-state index in [1.54, 1.807) is 0 Å². The van der Waals surface area contributed by atoms with Crippen LogP contribution in [-0.2, 0) is 0 Å². The molecule has 0 aliphatic rings. The average molecular weight is 259 g/mol. The fourth-order valence-electron chi connectivity index (χ4n) is 1.64. The lowest BCUT2D eigenvalue weighted by molar-refractivity contribution is 0.100. The van der Waals surface area contributed by atoms with Gasteiger partial charge in [-0.25, -0.2) is 8.78 Å². The number of primary amides is 1. The van der Waals surface area contributed by atoms with Crippen LogP contribution in [0.15, 0.2) is 18.2 Å². The van der Waals surface area contributed by atoms with Gasteiger partial charge in [-0.3, -0.25) is 4.79 Å². The van der Waals surface area contributed by atoms with Gasteiger partial charge in [0.1, 0.15) is 0 Å². The maximum atomic E-state index is 12.4. The molecule has 0 unspecified atom stereocenters. The molecule has 1 aromatic carbocycles. The lowest BCUT2D eigenvalue weighted by atomic mass is 10.1. The molecule has 5 nitrogen and oxygen atoms in total. The number of benzene rings is 1. The molecule has 0 heterocycles. The Hall–Kier alpha value is -1.89. The topological polar surface area (TPSA) is 92.6 Å². The Balaban J connectivity index is 3.11. The molecule has 0 aliphatic carbocycles. The average Bonchev–Trinajstić information content (AvgIpc) is 2.27. The number of hydrogen-bond donors (Lipinski definition) is 3. The van der Waals surface area contributed by atoms with Gasteiger partial charge in [0.2, 0.25) is 0 Å². The molecule has 0 spiro atoms. The first kappa shape index (κ1) is 14.2. The summed E-state index contributed by atoms with van der Waals surface area (Å²) >= 11 is 0. The second kappa shape index (κ2) is 6.15. The highest BCUT2D eigenvalue weighted by Gasteiger charge is 2.17. The van der Waals surface area contributed by atoms with E-state index in [1.807, 2.05) is 0 Å². The zero-order valence-corrected chi connectivity index (χ0v) is 9.64. The summed E-state index contributed by atoms with van der Waals surface area (Å²) in [7, 11) is 0. The van der Waals surface area contributed by atoms with Crippen LogP contribution in [0.2, 0.25) is 0 Å². The number of aliphatic hydroxyl groups excluding tert-OH is 1. The Morgan fingerprint density at radius 3 is 2.61 bits per heavy atom. The van der Waals surface area contributed by atoms with Gasteiger partial charge in [-0.1, -0.05) is 6.07 Å². The zero-order valence-electron chi connectivity index (χ0n) is 9.64. The van der Waals surface area contributed by atoms with Gasteiger partial charge in [0.05, 0.1) is 30.1 Å². The number of alkyl halides is 2. The first-order valence-electron chi connectivity index (χ1n) is 5.29. The van der Waals surface area contributed by atoms with Gasteiger partial charge in [-0.05, 0) is 12.1 Å². The van der Waals surface area contributed by atoms with Crippen molar-refractivity contribution in [3.63, 3.8) is 0 Å². The van der Waals surface area contributed by atoms with Crippen LogP contribution in [0.25, 0.3) is 0 Å². The Bertz CT molecular complexity index is 427. The lowest BCUT2D eigenvalue weighted by Gasteiger charge is -2.25. The van der Waals surface area contributed by atoms with Gasteiger partial charge in [0.25, 0.3) is 12.3 Å². The first-order chi connectivity index (χ1) is 8.47. The van der Waals surface area contributed by atoms with Crippen LogP contribution in [0.3, 0.4) is 0 Å². The smallest absolute Gasteiger partial charge is 0.255 e. The number of hydrogen-bond acceptors (Lipinski definition) is 4. The second-order valence-electron chi connectivity index (χ2n) is 3.66. The van der Waals surface area contributed by atoms with Gasteiger partial charge in [-0.15, -0.1) is 0 Å². The molecular weight excluding hydrogens is 244 g/mol. The van der Waals surface area contributed by atoms with Crippen LogP contribution < -0.4 is 16.4 Å². The molecule has 0 bridgehead atoms. The summed E-state index contributed by atoms with van der Waals surface area (Å²) in [5.41, 5.74) is 11.2. The lowest BCUT2D eigenvalue weighted by Crippen LogP contribution is -2.32. The third kappa shape index (κ3) is 3.30. The van der Waals surface area contributed by atoms with E-state index in [1.165, 1.54) is 23.1 Å². The van der Waals surface area contributed by atoms with Crippen molar-refractivity contribution in [1.82, 2.24) is 0 Å². The number of para-hydroxylation sites is 1. The molecule has 0 radical (unpaired) electrons. The highest BCUT2D eigenvalue weighted by molar-refractivity contribution is 6.00.